The summed E-state index contributed by atoms with van der Waals surface area (Å²) >= 11 is 1.61. The minimum absolute atomic E-state index is 0.222. The first-order chi connectivity index (χ1) is 17.1. The number of carbonyl (C=O) groups is 1. The summed E-state index contributed by atoms with van der Waals surface area (Å²) < 4.78 is 38.3. The molecule has 0 N–H and O–H groups in total. The molecule has 0 aliphatic heterocycles. The van der Waals surface area contributed by atoms with Crippen LogP contribution in [0.3, 0.4) is 0 Å². The lowest BCUT2D eigenvalue weighted by molar-refractivity contribution is -0.166. The molecule has 0 radical (unpaired) electrons. The molecule has 0 spiro atoms. The van der Waals surface area contributed by atoms with Crippen LogP contribution in [0.1, 0.15) is 82.9 Å². The van der Waals surface area contributed by atoms with E-state index in [1.54, 1.807) is 30.4 Å². The van der Waals surface area contributed by atoms with Crippen LogP contribution in [0.4, 0.5) is 0 Å². The van der Waals surface area contributed by atoms with Crippen molar-refractivity contribution in [2.24, 2.45) is 5.41 Å². The first-order valence-corrected chi connectivity index (χ1v) is 15.0. The van der Waals surface area contributed by atoms with Crippen molar-refractivity contribution in [2.75, 3.05) is 20.7 Å². The second kappa shape index (κ2) is 11.0. The van der Waals surface area contributed by atoms with Gasteiger partial charge in [0.15, 0.2) is 6.10 Å². The summed E-state index contributed by atoms with van der Waals surface area (Å²) in [6, 6.07) is 7.00. The number of hydrogen-bond donors (Lipinski definition) is 0. The van der Waals surface area contributed by atoms with E-state index in [0.29, 0.717) is 0 Å². The van der Waals surface area contributed by atoms with E-state index in [4.69, 9.17) is 9.47 Å². The fraction of sp³-hybridized carbons (Fsp3) is 0.552. The molecular formula is C29H41NO5S2. The third kappa shape index (κ3) is 6.72. The maximum absolute atomic E-state index is 13.2. The molecule has 3 rings (SSSR count). The number of allylic oxidation sites excluding steroid dienone is 2. The average molecular weight is 548 g/mol. The van der Waals surface area contributed by atoms with Crippen LogP contribution in [0.2, 0.25) is 0 Å². The molecule has 0 bridgehead atoms. The molecule has 2 aromatic rings. The lowest BCUT2D eigenvalue weighted by atomic mass is 9.76. The number of rotatable bonds is 8. The smallest absolute Gasteiger partial charge is 0.340 e. The Balaban J connectivity index is 2.24. The van der Waals surface area contributed by atoms with Gasteiger partial charge in [0, 0.05) is 35.0 Å². The van der Waals surface area contributed by atoms with Crippen molar-refractivity contribution in [3.63, 3.8) is 0 Å². The summed E-state index contributed by atoms with van der Waals surface area (Å²) in [4.78, 5) is 15.5. The quantitative estimate of drug-likeness (QED) is 0.333. The number of sulfonamides is 1. The van der Waals surface area contributed by atoms with E-state index in [1.807, 2.05) is 39.8 Å². The van der Waals surface area contributed by atoms with E-state index in [0.717, 1.165) is 45.7 Å². The summed E-state index contributed by atoms with van der Waals surface area (Å²) in [6.07, 6.45) is 4.31. The first kappa shape index (κ1) is 29.6. The van der Waals surface area contributed by atoms with Gasteiger partial charge in [-0.15, -0.1) is 11.3 Å². The second-order valence-electron chi connectivity index (χ2n) is 11.5. The summed E-state index contributed by atoms with van der Waals surface area (Å²) in [5, 5.41) is 0. The van der Waals surface area contributed by atoms with E-state index >= 15 is 0 Å². The lowest BCUT2D eigenvalue weighted by Gasteiger charge is -2.31. The van der Waals surface area contributed by atoms with Gasteiger partial charge in [-0.25, -0.2) is 17.5 Å². The first-order valence-electron chi connectivity index (χ1n) is 12.8. The number of thiophene rings is 1. The highest BCUT2D eigenvalue weighted by atomic mass is 32.2. The third-order valence-electron chi connectivity index (χ3n) is 6.55. The molecule has 0 amide bonds. The van der Waals surface area contributed by atoms with Crippen molar-refractivity contribution >= 4 is 32.9 Å². The number of benzene rings is 1. The molecule has 8 heteroatoms. The molecule has 1 aliphatic rings. The number of nitrogens with zero attached hydrogens (tertiary/aromatic N) is 1. The SMILES string of the molecule is CCOC(=O)C(OC(C)(C)C)c1c(C)sc(-c2ccc(S(=O)(=O)N(C)C)cc2)c1C1=CCC(C)(C)CC1. The van der Waals surface area contributed by atoms with Crippen LogP contribution in [-0.4, -0.2) is 45.0 Å². The molecule has 204 valence electrons. The predicted molar refractivity (Wildman–Crippen MR) is 151 cm³/mol. The highest BCUT2D eigenvalue weighted by molar-refractivity contribution is 7.89. The monoisotopic (exact) mass is 547 g/mol. The average Bonchev–Trinajstić information content (AvgIpc) is 3.13. The summed E-state index contributed by atoms with van der Waals surface area (Å²) in [5.41, 5.74) is 3.64. The Morgan fingerprint density at radius 2 is 1.78 bits per heavy atom. The molecule has 1 unspecified atom stereocenters. The Bertz CT molecular complexity index is 1260. The van der Waals surface area contributed by atoms with Crippen molar-refractivity contribution in [3.05, 3.63) is 46.3 Å². The normalized spacial score (nSPS) is 17.0. The Labute approximate surface area is 226 Å². The van der Waals surface area contributed by atoms with Gasteiger partial charge in [-0.05, 0) is 82.6 Å². The van der Waals surface area contributed by atoms with Gasteiger partial charge in [-0.2, -0.15) is 0 Å². The van der Waals surface area contributed by atoms with Gasteiger partial charge in [-0.1, -0.05) is 32.1 Å². The number of ether oxygens (including phenoxy) is 2. The van der Waals surface area contributed by atoms with Crippen LogP contribution in [0.15, 0.2) is 35.2 Å². The van der Waals surface area contributed by atoms with E-state index in [-0.39, 0.29) is 16.9 Å². The minimum atomic E-state index is -3.53. The van der Waals surface area contributed by atoms with E-state index < -0.39 is 27.7 Å². The summed E-state index contributed by atoms with van der Waals surface area (Å²) in [7, 11) is -0.478. The summed E-state index contributed by atoms with van der Waals surface area (Å²) in [5.74, 6) is -0.393. The standard InChI is InChI=1S/C29H41NO5S2/c1-10-34-27(31)25(35-28(3,4)5)23-19(2)36-26(24(23)20-15-17-29(6,7)18-16-20)21-11-13-22(14-12-21)37(32,33)30(8)9/h11-15,25H,10,16-18H2,1-9H3. The van der Waals surface area contributed by atoms with E-state index in [2.05, 4.69) is 19.9 Å². The van der Waals surface area contributed by atoms with Crippen LogP contribution in [0, 0.1) is 12.3 Å². The zero-order valence-corrected chi connectivity index (χ0v) is 25.2. The Hall–Kier alpha value is -2.00. The van der Waals surface area contributed by atoms with E-state index in [9.17, 15) is 13.2 Å². The van der Waals surface area contributed by atoms with Crippen molar-refractivity contribution in [2.45, 2.75) is 84.3 Å². The lowest BCUT2D eigenvalue weighted by Crippen LogP contribution is -2.29. The fourth-order valence-corrected chi connectivity index (χ4v) is 6.61. The number of carbonyl (C=O) groups excluding carboxylic acids is 1. The molecular weight excluding hydrogens is 506 g/mol. The number of aryl methyl sites for hydroxylation is 1. The molecule has 1 aromatic carbocycles. The molecule has 1 heterocycles. The van der Waals surface area contributed by atoms with Crippen LogP contribution in [0.5, 0.6) is 0 Å². The number of hydrogen-bond acceptors (Lipinski definition) is 6. The molecule has 1 atom stereocenters. The molecule has 0 fully saturated rings. The van der Waals surface area contributed by atoms with Gasteiger partial charge in [0.1, 0.15) is 0 Å². The van der Waals surface area contributed by atoms with Crippen LogP contribution in [-0.2, 0) is 24.3 Å². The van der Waals surface area contributed by atoms with Crippen LogP contribution >= 0.6 is 11.3 Å². The highest BCUT2D eigenvalue weighted by Gasteiger charge is 2.36. The van der Waals surface area contributed by atoms with Crippen molar-refractivity contribution in [3.8, 4) is 10.4 Å². The Kier molecular flexibility index (Phi) is 8.79. The molecule has 1 aliphatic carbocycles. The van der Waals surface area contributed by atoms with Crippen molar-refractivity contribution in [1.29, 1.82) is 0 Å². The zero-order chi connectivity index (χ0) is 27.8. The molecule has 1 aromatic heterocycles. The largest absolute Gasteiger partial charge is 0.464 e. The predicted octanol–water partition coefficient (Wildman–Crippen LogP) is 6.99. The van der Waals surface area contributed by atoms with Gasteiger partial charge in [0.25, 0.3) is 0 Å². The van der Waals surface area contributed by atoms with Gasteiger partial charge in [0.2, 0.25) is 10.0 Å². The maximum Gasteiger partial charge on any atom is 0.340 e. The maximum atomic E-state index is 13.2. The zero-order valence-electron chi connectivity index (χ0n) is 23.6. The third-order valence-corrected chi connectivity index (χ3v) is 9.55. The van der Waals surface area contributed by atoms with Gasteiger partial charge in [-0.3, -0.25) is 0 Å². The summed E-state index contributed by atoms with van der Waals surface area (Å²) in [6.45, 7) is 14.4. The highest BCUT2D eigenvalue weighted by Crippen LogP contribution is 2.49. The molecule has 6 nitrogen and oxygen atoms in total. The van der Waals surface area contributed by atoms with Gasteiger partial charge >= 0.3 is 5.97 Å². The topological polar surface area (TPSA) is 72.9 Å². The second-order valence-corrected chi connectivity index (χ2v) is 14.9. The Morgan fingerprint density at radius 3 is 2.27 bits per heavy atom. The van der Waals surface area contributed by atoms with E-state index in [1.165, 1.54) is 24.0 Å². The van der Waals surface area contributed by atoms with Gasteiger partial charge in [0.05, 0.1) is 17.1 Å². The molecule has 0 saturated carbocycles. The molecule has 37 heavy (non-hydrogen) atoms. The fourth-order valence-electron chi connectivity index (χ4n) is 4.48. The van der Waals surface area contributed by atoms with Crippen LogP contribution < -0.4 is 0 Å². The van der Waals surface area contributed by atoms with Crippen molar-refractivity contribution < 1.29 is 22.7 Å². The Morgan fingerprint density at radius 1 is 1.16 bits per heavy atom. The molecule has 0 saturated heterocycles. The number of esters is 1. The van der Waals surface area contributed by atoms with Crippen LogP contribution in [0.25, 0.3) is 16.0 Å². The van der Waals surface area contributed by atoms with Crippen molar-refractivity contribution in [1.82, 2.24) is 4.31 Å². The van der Waals surface area contributed by atoms with Gasteiger partial charge < -0.3 is 9.47 Å². The minimum Gasteiger partial charge on any atom is -0.464 e.